The van der Waals surface area contributed by atoms with E-state index in [0.29, 0.717) is 26.2 Å². The number of nitrogens with one attached hydrogen (secondary N) is 1. The number of nitrogens with zero attached hydrogens (tertiary/aromatic N) is 1. The topological polar surface area (TPSA) is 61.8 Å². The van der Waals surface area contributed by atoms with Crippen LogP contribution in [-0.4, -0.2) is 47.9 Å². The third-order valence-electron chi connectivity index (χ3n) is 4.73. The van der Waals surface area contributed by atoms with Crippen LogP contribution in [0, 0.1) is 0 Å². The van der Waals surface area contributed by atoms with Gasteiger partial charge in [-0.25, -0.2) is 4.79 Å². The van der Waals surface area contributed by atoms with Crippen molar-refractivity contribution in [1.29, 1.82) is 0 Å². The zero-order chi connectivity index (χ0) is 17.8. The lowest BCUT2D eigenvalue weighted by atomic mass is 10.00. The largest absolute Gasteiger partial charge is 0.393 e. The molecule has 134 valence electrons. The first-order valence-electron chi connectivity index (χ1n) is 8.87. The lowest BCUT2D eigenvalue weighted by Crippen LogP contribution is -2.53. The Bertz CT molecular complexity index is 726. The fourth-order valence-electron chi connectivity index (χ4n) is 3.49. The van der Waals surface area contributed by atoms with Crippen LogP contribution in [0.2, 0.25) is 0 Å². The first-order valence-corrected chi connectivity index (χ1v) is 8.87. The molecule has 0 spiro atoms. The predicted octanol–water partition coefficient (Wildman–Crippen LogP) is 3.08. The van der Waals surface area contributed by atoms with Crippen molar-refractivity contribution in [1.82, 2.24) is 10.2 Å². The lowest BCUT2D eigenvalue weighted by molar-refractivity contribution is -0.00473. The number of aliphatic hydroxyl groups is 1. The predicted molar refractivity (Wildman–Crippen MR) is 98.5 cm³/mol. The van der Waals surface area contributed by atoms with Gasteiger partial charge in [0.1, 0.15) is 0 Å². The van der Waals surface area contributed by atoms with Gasteiger partial charge in [-0.05, 0) is 36.6 Å². The van der Waals surface area contributed by atoms with Crippen molar-refractivity contribution in [2.45, 2.75) is 38.5 Å². The number of carbonyl (C=O) groups is 1. The molecule has 3 atom stereocenters. The Kier molecular flexibility index (Phi) is 5.56. The first-order chi connectivity index (χ1) is 12.1. The Morgan fingerprint density at radius 2 is 2.04 bits per heavy atom. The van der Waals surface area contributed by atoms with E-state index < -0.39 is 6.10 Å². The van der Waals surface area contributed by atoms with E-state index in [1.54, 1.807) is 11.8 Å². The van der Waals surface area contributed by atoms with Gasteiger partial charge < -0.3 is 20.1 Å². The molecule has 1 aliphatic rings. The fourth-order valence-corrected chi connectivity index (χ4v) is 3.49. The smallest absolute Gasteiger partial charge is 0.318 e. The molecule has 5 heteroatoms. The number of hydrogen-bond acceptors (Lipinski definition) is 3. The molecule has 2 N–H and O–H groups in total. The van der Waals surface area contributed by atoms with Gasteiger partial charge >= 0.3 is 6.03 Å². The van der Waals surface area contributed by atoms with E-state index in [2.05, 4.69) is 29.6 Å². The minimum absolute atomic E-state index is 0.0894. The average molecular weight is 342 g/mol. The van der Waals surface area contributed by atoms with E-state index in [4.69, 9.17) is 4.74 Å². The molecule has 1 saturated heterocycles. The molecule has 2 aromatic carbocycles. The molecule has 0 aromatic heterocycles. The minimum atomic E-state index is -0.461. The van der Waals surface area contributed by atoms with Crippen LogP contribution in [0.1, 0.15) is 31.9 Å². The van der Waals surface area contributed by atoms with Crippen molar-refractivity contribution >= 4 is 16.8 Å². The van der Waals surface area contributed by atoms with Crippen LogP contribution in [0.25, 0.3) is 10.8 Å². The van der Waals surface area contributed by atoms with Gasteiger partial charge in [0.15, 0.2) is 0 Å². The summed E-state index contributed by atoms with van der Waals surface area (Å²) in [6, 6.07) is 14.0. The van der Waals surface area contributed by atoms with Gasteiger partial charge in [0.25, 0.3) is 0 Å². The van der Waals surface area contributed by atoms with Gasteiger partial charge in [0.05, 0.1) is 31.4 Å². The lowest BCUT2D eigenvalue weighted by Gasteiger charge is -2.37. The van der Waals surface area contributed by atoms with Crippen molar-refractivity contribution in [3.63, 3.8) is 0 Å². The first kappa shape index (κ1) is 17.7. The van der Waals surface area contributed by atoms with E-state index in [-0.39, 0.29) is 18.1 Å². The highest BCUT2D eigenvalue weighted by molar-refractivity contribution is 5.86. The third kappa shape index (κ3) is 4.11. The summed E-state index contributed by atoms with van der Waals surface area (Å²) in [4.78, 5) is 14.6. The number of amides is 2. The van der Waals surface area contributed by atoms with Crippen LogP contribution in [0.4, 0.5) is 4.79 Å². The van der Waals surface area contributed by atoms with E-state index in [1.165, 1.54) is 5.39 Å². The molecule has 0 bridgehead atoms. The molecule has 1 aliphatic heterocycles. The molecule has 2 aromatic rings. The van der Waals surface area contributed by atoms with Crippen LogP contribution in [0.3, 0.4) is 0 Å². The maximum Gasteiger partial charge on any atom is 0.318 e. The fraction of sp³-hybridized carbons (Fsp3) is 0.450. The SMILES string of the molecule is C[C@H](O)C[C@H]1COCCN1C(=O)N[C@@H](C)c1cccc2ccccc12. The second-order valence-corrected chi connectivity index (χ2v) is 6.75. The van der Waals surface area contributed by atoms with E-state index in [9.17, 15) is 9.90 Å². The summed E-state index contributed by atoms with van der Waals surface area (Å²) in [5.74, 6) is 0. The van der Waals surface area contributed by atoms with Gasteiger partial charge in [-0.15, -0.1) is 0 Å². The number of hydrogen-bond donors (Lipinski definition) is 2. The van der Waals surface area contributed by atoms with Crippen LogP contribution in [0.5, 0.6) is 0 Å². The van der Waals surface area contributed by atoms with E-state index >= 15 is 0 Å². The standard InChI is InChI=1S/C20H26N2O3/c1-14(23)12-17-13-25-11-10-22(17)20(24)21-15(2)18-9-5-7-16-6-3-4-8-19(16)18/h3-9,14-15,17,23H,10-13H2,1-2H3,(H,21,24)/t14-,15-,17-/m0/s1. The van der Waals surface area contributed by atoms with Gasteiger partial charge in [-0.3, -0.25) is 0 Å². The van der Waals surface area contributed by atoms with Crippen LogP contribution in [-0.2, 0) is 4.74 Å². The van der Waals surface area contributed by atoms with Crippen molar-refractivity contribution in [3.05, 3.63) is 48.0 Å². The van der Waals surface area contributed by atoms with Crippen molar-refractivity contribution in [2.75, 3.05) is 19.8 Å². The van der Waals surface area contributed by atoms with Crippen LogP contribution < -0.4 is 5.32 Å². The van der Waals surface area contributed by atoms with Crippen molar-refractivity contribution in [3.8, 4) is 0 Å². The molecule has 0 unspecified atom stereocenters. The Morgan fingerprint density at radius 1 is 1.28 bits per heavy atom. The number of ether oxygens (including phenoxy) is 1. The van der Waals surface area contributed by atoms with E-state index in [1.807, 2.05) is 25.1 Å². The maximum atomic E-state index is 12.8. The number of fused-ring (bicyclic) bond motifs is 1. The maximum absolute atomic E-state index is 12.8. The number of morpholine rings is 1. The highest BCUT2D eigenvalue weighted by Crippen LogP contribution is 2.24. The molecule has 5 nitrogen and oxygen atoms in total. The summed E-state index contributed by atoms with van der Waals surface area (Å²) in [6.45, 7) is 5.30. The Balaban J connectivity index is 1.75. The second kappa shape index (κ2) is 7.85. The Morgan fingerprint density at radius 3 is 2.84 bits per heavy atom. The average Bonchev–Trinajstić information content (AvgIpc) is 2.61. The molecular weight excluding hydrogens is 316 g/mol. The number of aliphatic hydroxyl groups excluding tert-OH is 1. The molecule has 0 saturated carbocycles. The van der Waals surface area contributed by atoms with Gasteiger partial charge in [-0.1, -0.05) is 42.5 Å². The summed E-state index contributed by atoms with van der Waals surface area (Å²) in [5, 5.41) is 15.1. The van der Waals surface area contributed by atoms with Gasteiger partial charge in [0, 0.05) is 6.54 Å². The zero-order valence-electron chi connectivity index (χ0n) is 14.8. The molecule has 0 aliphatic carbocycles. The Hall–Kier alpha value is -2.11. The molecule has 1 fully saturated rings. The molecule has 3 rings (SSSR count). The quantitative estimate of drug-likeness (QED) is 0.897. The van der Waals surface area contributed by atoms with Gasteiger partial charge in [0.2, 0.25) is 0 Å². The van der Waals surface area contributed by atoms with Crippen LogP contribution in [0.15, 0.2) is 42.5 Å². The van der Waals surface area contributed by atoms with Gasteiger partial charge in [-0.2, -0.15) is 0 Å². The van der Waals surface area contributed by atoms with Crippen molar-refractivity contribution in [2.24, 2.45) is 0 Å². The monoisotopic (exact) mass is 342 g/mol. The summed E-state index contributed by atoms with van der Waals surface area (Å²) < 4.78 is 5.48. The van der Waals surface area contributed by atoms with E-state index in [0.717, 1.165) is 10.9 Å². The molecule has 1 heterocycles. The van der Waals surface area contributed by atoms with Crippen LogP contribution >= 0.6 is 0 Å². The summed E-state index contributed by atoms with van der Waals surface area (Å²) in [7, 11) is 0. The number of benzene rings is 2. The minimum Gasteiger partial charge on any atom is -0.393 e. The summed E-state index contributed by atoms with van der Waals surface area (Å²) >= 11 is 0. The third-order valence-corrected chi connectivity index (χ3v) is 4.73. The summed E-state index contributed by atoms with van der Waals surface area (Å²) in [5.41, 5.74) is 1.10. The number of carbonyl (C=O) groups excluding carboxylic acids is 1. The molecule has 25 heavy (non-hydrogen) atoms. The normalized spacial score (nSPS) is 20.3. The number of rotatable bonds is 4. The number of urea groups is 1. The highest BCUT2D eigenvalue weighted by atomic mass is 16.5. The summed E-state index contributed by atoms with van der Waals surface area (Å²) in [6.07, 6.45) is 0.0632. The molecule has 0 radical (unpaired) electrons. The second-order valence-electron chi connectivity index (χ2n) is 6.75. The van der Waals surface area contributed by atoms with Crippen molar-refractivity contribution < 1.29 is 14.6 Å². The molecule has 2 amide bonds. The molecular formula is C20H26N2O3. The Labute approximate surface area is 148 Å². The zero-order valence-corrected chi connectivity index (χ0v) is 14.8. The highest BCUT2D eigenvalue weighted by Gasteiger charge is 2.29.